The van der Waals surface area contributed by atoms with Crippen molar-refractivity contribution in [3.8, 4) is 24.2 Å². The second-order valence-electron chi connectivity index (χ2n) is 10.8. The largest absolute Gasteiger partial charge is 0.462 e. The van der Waals surface area contributed by atoms with Gasteiger partial charge < -0.3 is 20.1 Å². The van der Waals surface area contributed by atoms with E-state index in [9.17, 15) is 9.65 Å². The van der Waals surface area contributed by atoms with E-state index in [1.807, 2.05) is 4.90 Å². The zero-order valence-electron chi connectivity index (χ0n) is 20.7. The number of hydrogen-bond acceptors (Lipinski definition) is 11. The van der Waals surface area contributed by atoms with E-state index in [2.05, 4.69) is 32.0 Å². The Labute approximate surface area is 218 Å². The highest BCUT2D eigenvalue weighted by Crippen LogP contribution is 2.52. The second kappa shape index (κ2) is 8.96. The van der Waals surface area contributed by atoms with Gasteiger partial charge in [-0.25, -0.2) is 4.39 Å². The molecule has 3 saturated heterocycles. The second-order valence-corrected chi connectivity index (χ2v) is 11.9. The number of thiophene rings is 1. The molecule has 0 amide bonds. The van der Waals surface area contributed by atoms with Gasteiger partial charge in [0.15, 0.2) is 0 Å². The first-order chi connectivity index (χ1) is 17.8. The van der Waals surface area contributed by atoms with Crippen LogP contribution in [0, 0.1) is 28.6 Å². The number of aromatic nitrogens is 3. The number of ether oxygens (including phenoxy) is 2. The minimum absolute atomic E-state index is 0.100. The molecule has 2 aromatic rings. The molecule has 0 aromatic carbocycles. The van der Waals surface area contributed by atoms with Crippen molar-refractivity contribution < 1.29 is 13.9 Å². The van der Waals surface area contributed by atoms with E-state index >= 15 is 0 Å². The van der Waals surface area contributed by atoms with E-state index in [1.54, 1.807) is 6.92 Å². The molecule has 0 radical (unpaired) electrons. The first-order valence-corrected chi connectivity index (χ1v) is 13.5. The Kier molecular flexibility index (Phi) is 5.85. The van der Waals surface area contributed by atoms with Crippen LogP contribution in [0.5, 0.6) is 12.0 Å². The number of halogens is 1. The highest BCUT2D eigenvalue weighted by Gasteiger charge is 2.52. The molecule has 3 aliphatic heterocycles. The molecule has 1 spiro atoms. The molecule has 0 saturated carbocycles. The molecular formula is C25H29FN8O2S. The van der Waals surface area contributed by atoms with Crippen molar-refractivity contribution in [3.05, 3.63) is 16.0 Å². The van der Waals surface area contributed by atoms with Crippen LogP contribution in [-0.4, -0.2) is 71.0 Å². The summed E-state index contributed by atoms with van der Waals surface area (Å²) in [5, 5.41) is 19.4. The average Bonchev–Trinajstić information content (AvgIpc) is 3.58. The highest BCUT2D eigenvalue weighted by atomic mass is 32.1. The number of nitrogen functional groups attached to an aromatic ring is 1. The van der Waals surface area contributed by atoms with Crippen molar-refractivity contribution in [2.45, 2.75) is 56.2 Å². The van der Waals surface area contributed by atoms with Gasteiger partial charge in [-0.3, -0.25) is 4.90 Å². The molecular weight excluding hydrogens is 495 g/mol. The van der Waals surface area contributed by atoms with Crippen LogP contribution < -0.4 is 20.1 Å². The van der Waals surface area contributed by atoms with E-state index in [4.69, 9.17) is 20.5 Å². The van der Waals surface area contributed by atoms with Crippen LogP contribution >= 0.6 is 11.3 Å². The van der Waals surface area contributed by atoms with E-state index in [0.29, 0.717) is 49.2 Å². The van der Waals surface area contributed by atoms with E-state index in [0.717, 1.165) is 37.8 Å². The van der Waals surface area contributed by atoms with E-state index < -0.39 is 6.17 Å². The normalized spacial score (nSPS) is 26.3. The maximum absolute atomic E-state index is 14.2. The van der Waals surface area contributed by atoms with Crippen molar-refractivity contribution >= 4 is 22.3 Å². The predicted molar refractivity (Wildman–Crippen MR) is 134 cm³/mol. The molecule has 2 aromatic heterocycles. The lowest BCUT2D eigenvalue weighted by Crippen LogP contribution is -2.59. The summed E-state index contributed by atoms with van der Waals surface area (Å²) in [5.41, 5.74) is 7.34. The van der Waals surface area contributed by atoms with Crippen molar-refractivity contribution in [1.82, 2.24) is 19.9 Å². The standard InChI is InChI=1S/C25H29FN8O2S/c1-15(8-27)11-35-22-30-21(31-23(32-22)36-14-25-4-2-6-34(25)10-16(26)7-25)33-12-24(13-33)5-3-18-19(24)17(9-28)20(29)37-18/h15-16H,2-7,10-14,29H2,1H3/t15?,16?,25-/m0/s1. The van der Waals surface area contributed by atoms with Crippen LogP contribution in [0.3, 0.4) is 0 Å². The quantitative estimate of drug-likeness (QED) is 0.575. The molecule has 0 bridgehead atoms. The Morgan fingerprint density at radius 1 is 1.22 bits per heavy atom. The monoisotopic (exact) mass is 524 g/mol. The van der Waals surface area contributed by atoms with Crippen LogP contribution in [0.1, 0.15) is 48.6 Å². The molecule has 5 heterocycles. The molecule has 3 fully saturated rings. The predicted octanol–water partition coefficient (Wildman–Crippen LogP) is 2.58. The maximum atomic E-state index is 14.2. The van der Waals surface area contributed by atoms with Gasteiger partial charge in [0.05, 0.1) is 23.1 Å². The van der Waals surface area contributed by atoms with Crippen LogP contribution in [0.15, 0.2) is 0 Å². The summed E-state index contributed by atoms with van der Waals surface area (Å²) >= 11 is 1.52. The average molecular weight is 525 g/mol. The van der Waals surface area contributed by atoms with Crippen LogP contribution in [0.2, 0.25) is 0 Å². The number of nitrogens with two attached hydrogens (primary N) is 1. The Hall–Kier alpha value is -3.22. The fraction of sp³-hybridized carbons (Fsp3) is 0.640. The van der Waals surface area contributed by atoms with Gasteiger partial charge in [0, 0.05) is 36.3 Å². The fourth-order valence-corrected chi connectivity index (χ4v) is 7.59. The molecule has 4 aliphatic rings. The lowest BCUT2D eigenvalue weighted by atomic mass is 9.74. The van der Waals surface area contributed by atoms with Crippen LogP contribution in [0.25, 0.3) is 0 Å². The first kappa shape index (κ1) is 24.1. The van der Waals surface area contributed by atoms with Gasteiger partial charge in [-0.15, -0.1) is 16.3 Å². The zero-order chi connectivity index (χ0) is 25.8. The number of aryl methyl sites for hydroxylation is 1. The van der Waals surface area contributed by atoms with E-state index in [1.165, 1.54) is 16.2 Å². The topological polar surface area (TPSA) is 137 Å². The van der Waals surface area contributed by atoms with Gasteiger partial charge >= 0.3 is 12.0 Å². The van der Waals surface area contributed by atoms with Gasteiger partial charge in [0.1, 0.15) is 30.5 Å². The molecule has 2 unspecified atom stereocenters. The number of alkyl halides is 1. The molecule has 6 rings (SSSR count). The summed E-state index contributed by atoms with van der Waals surface area (Å²) in [6.07, 6.45) is 3.39. The lowest BCUT2D eigenvalue weighted by Gasteiger charge is -2.48. The summed E-state index contributed by atoms with van der Waals surface area (Å²) in [5.74, 6) is 0.106. The molecule has 1 aliphatic carbocycles. The number of nitriles is 2. The Bertz CT molecular complexity index is 1300. The summed E-state index contributed by atoms with van der Waals surface area (Å²) in [4.78, 5) is 18.9. The highest BCUT2D eigenvalue weighted by molar-refractivity contribution is 7.16. The van der Waals surface area contributed by atoms with Crippen LogP contribution in [-0.2, 0) is 11.8 Å². The van der Waals surface area contributed by atoms with Gasteiger partial charge in [0.2, 0.25) is 5.95 Å². The number of anilines is 2. The third-order valence-corrected chi connectivity index (χ3v) is 9.33. The molecule has 3 atom stereocenters. The van der Waals surface area contributed by atoms with Crippen molar-refractivity contribution in [3.63, 3.8) is 0 Å². The Balaban J connectivity index is 1.23. The smallest absolute Gasteiger partial charge is 0.324 e. The minimum Gasteiger partial charge on any atom is -0.462 e. The fourth-order valence-electron chi connectivity index (χ4n) is 6.45. The van der Waals surface area contributed by atoms with E-state index in [-0.39, 0.29) is 35.5 Å². The number of fused-ring (bicyclic) bond motifs is 3. The summed E-state index contributed by atoms with van der Waals surface area (Å²) in [6, 6.07) is 4.68. The molecule has 10 nitrogen and oxygen atoms in total. The van der Waals surface area contributed by atoms with Gasteiger partial charge in [-0.05, 0) is 44.7 Å². The van der Waals surface area contributed by atoms with Gasteiger partial charge in [-0.1, -0.05) is 0 Å². The molecule has 12 heteroatoms. The molecule has 2 N–H and O–H groups in total. The van der Waals surface area contributed by atoms with Crippen LogP contribution in [0.4, 0.5) is 15.3 Å². The SMILES string of the molecule is CC(C#N)COc1nc(OC[C@@]23CCCN2CC(F)C3)nc(N2CC3(CCc4sc(N)c(C#N)c43)C2)n1. The number of hydrogen-bond donors (Lipinski definition) is 1. The number of nitrogens with zero attached hydrogens (tertiary/aromatic N) is 7. The minimum atomic E-state index is -0.845. The summed E-state index contributed by atoms with van der Waals surface area (Å²) < 4.78 is 26.0. The first-order valence-electron chi connectivity index (χ1n) is 12.7. The van der Waals surface area contributed by atoms with Gasteiger partial charge in [-0.2, -0.15) is 20.5 Å². The molecule has 37 heavy (non-hydrogen) atoms. The van der Waals surface area contributed by atoms with Gasteiger partial charge in [0.25, 0.3) is 0 Å². The molecule has 194 valence electrons. The Morgan fingerprint density at radius 2 is 2.00 bits per heavy atom. The van der Waals surface area contributed by atoms with Crippen molar-refractivity contribution in [2.75, 3.05) is 50.0 Å². The third kappa shape index (κ3) is 4.03. The summed E-state index contributed by atoms with van der Waals surface area (Å²) in [7, 11) is 0. The van der Waals surface area contributed by atoms with Crippen molar-refractivity contribution in [1.29, 1.82) is 10.5 Å². The zero-order valence-corrected chi connectivity index (χ0v) is 21.6. The maximum Gasteiger partial charge on any atom is 0.324 e. The summed E-state index contributed by atoms with van der Waals surface area (Å²) in [6.45, 7) is 4.85. The Morgan fingerprint density at radius 3 is 2.76 bits per heavy atom. The third-order valence-electron chi connectivity index (χ3n) is 8.25. The van der Waals surface area contributed by atoms with Crippen molar-refractivity contribution in [2.24, 2.45) is 5.92 Å². The number of rotatable bonds is 7. The lowest BCUT2D eigenvalue weighted by molar-refractivity contribution is 0.106.